The van der Waals surface area contributed by atoms with E-state index in [4.69, 9.17) is 0 Å². The number of nitro benzene ring substituents is 1. The number of nitrogens with one attached hydrogen (secondary N) is 1. The number of nitrogens with zero attached hydrogens (tertiary/aromatic N) is 1. The maximum absolute atomic E-state index is 13.1. The Kier molecular flexibility index (Phi) is 5.02. The molecule has 2 aromatic rings. The van der Waals surface area contributed by atoms with Crippen molar-refractivity contribution in [3.63, 3.8) is 0 Å². The fraction of sp³-hybridized carbons (Fsp3) is 0.188. The second-order valence-corrected chi connectivity index (χ2v) is 5.08. The van der Waals surface area contributed by atoms with Crippen molar-refractivity contribution >= 4 is 17.3 Å². The van der Waals surface area contributed by atoms with E-state index in [2.05, 4.69) is 5.32 Å². The highest BCUT2D eigenvalue weighted by molar-refractivity contribution is 5.92. The van der Waals surface area contributed by atoms with Crippen LogP contribution in [0.25, 0.3) is 0 Å². The Labute approximate surface area is 131 Å². The number of aliphatic hydroxyl groups is 1. The molecule has 120 valence electrons. The first kappa shape index (κ1) is 16.6. The Balaban J connectivity index is 2.07. The van der Waals surface area contributed by atoms with Gasteiger partial charge in [-0.2, -0.15) is 0 Å². The van der Waals surface area contributed by atoms with E-state index >= 15 is 0 Å². The minimum Gasteiger partial charge on any atom is -0.388 e. The summed E-state index contributed by atoms with van der Waals surface area (Å²) in [6.07, 6.45) is -1.45. The summed E-state index contributed by atoms with van der Waals surface area (Å²) in [4.78, 5) is 22.2. The Hall–Kier alpha value is -2.80. The molecule has 2 rings (SSSR count). The highest BCUT2D eigenvalue weighted by Crippen LogP contribution is 2.23. The number of hydrogen-bond acceptors (Lipinski definition) is 4. The lowest BCUT2D eigenvalue weighted by molar-refractivity contribution is -0.384. The number of nitro groups is 1. The van der Waals surface area contributed by atoms with Gasteiger partial charge in [0.15, 0.2) is 0 Å². The van der Waals surface area contributed by atoms with Crippen LogP contribution in [0.3, 0.4) is 0 Å². The van der Waals surface area contributed by atoms with Gasteiger partial charge in [-0.1, -0.05) is 18.2 Å². The summed E-state index contributed by atoms with van der Waals surface area (Å²) in [6, 6.07) is 9.46. The van der Waals surface area contributed by atoms with Crippen molar-refractivity contribution in [2.24, 2.45) is 0 Å². The average molecular weight is 318 g/mol. The van der Waals surface area contributed by atoms with Gasteiger partial charge in [-0.25, -0.2) is 4.39 Å². The van der Waals surface area contributed by atoms with Crippen LogP contribution in [0.15, 0.2) is 42.5 Å². The predicted octanol–water partition coefficient (Wildman–Crippen LogP) is 3.10. The van der Waals surface area contributed by atoms with Crippen molar-refractivity contribution in [3.8, 4) is 0 Å². The minimum atomic E-state index is -1.16. The number of non-ortho nitro benzene ring substituents is 1. The summed E-state index contributed by atoms with van der Waals surface area (Å²) in [5.41, 5.74) is 1.10. The van der Waals surface area contributed by atoms with E-state index < -0.39 is 22.8 Å². The Morgan fingerprint density at radius 2 is 2.09 bits per heavy atom. The molecule has 0 saturated carbocycles. The molecule has 0 spiro atoms. The van der Waals surface area contributed by atoms with Crippen LogP contribution in [0.1, 0.15) is 23.7 Å². The summed E-state index contributed by atoms with van der Waals surface area (Å²) in [7, 11) is 0. The van der Waals surface area contributed by atoms with Crippen LogP contribution in [0.2, 0.25) is 0 Å². The van der Waals surface area contributed by atoms with Gasteiger partial charge in [-0.15, -0.1) is 0 Å². The van der Waals surface area contributed by atoms with Crippen LogP contribution in [0, 0.1) is 22.9 Å². The van der Waals surface area contributed by atoms with Crippen molar-refractivity contribution in [2.45, 2.75) is 19.4 Å². The zero-order valence-electron chi connectivity index (χ0n) is 12.3. The molecule has 7 heteroatoms. The van der Waals surface area contributed by atoms with E-state index in [9.17, 15) is 24.4 Å². The second kappa shape index (κ2) is 6.97. The Morgan fingerprint density at radius 1 is 1.35 bits per heavy atom. The zero-order chi connectivity index (χ0) is 17.0. The van der Waals surface area contributed by atoms with Gasteiger partial charge in [0.05, 0.1) is 23.1 Å². The standard InChI is InChI=1S/C16H15FN2O4/c1-10-5-6-13(19(22)23)8-14(10)18-16(21)9-15(20)11-3-2-4-12(17)7-11/h2-8,15,20H,9H2,1H3,(H,18,21). The van der Waals surface area contributed by atoms with E-state index in [0.29, 0.717) is 11.3 Å². The summed E-state index contributed by atoms with van der Waals surface area (Å²) in [5.74, 6) is -1.03. The lowest BCUT2D eigenvalue weighted by atomic mass is 10.1. The number of anilines is 1. The topological polar surface area (TPSA) is 92.5 Å². The molecule has 0 aromatic heterocycles. The van der Waals surface area contributed by atoms with Gasteiger partial charge in [-0.05, 0) is 30.2 Å². The van der Waals surface area contributed by atoms with E-state index in [-0.39, 0.29) is 17.7 Å². The van der Waals surface area contributed by atoms with Crippen LogP contribution in [-0.4, -0.2) is 15.9 Å². The molecule has 0 heterocycles. The number of aliphatic hydroxyl groups excluding tert-OH is 1. The molecule has 0 radical (unpaired) electrons. The molecule has 0 aliphatic heterocycles. The van der Waals surface area contributed by atoms with E-state index in [1.807, 2.05) is 0 Å². The molecule has 0 aliphatic carbocycles. The lowest BCUT2D eigenvalue weighted by Crippen LogP contribution is -2.16. The average Bonchev–Trinajstić information content (AvgIpc) is 2.49. The third-order valence-electron chi connectivity index (χ3n) is 3.32. The summed E-state index contributed by atoms with van der Waals surface area (Å²) in [5, 5.41) is 23.3. The first-order valence-corrected chi connectivity index (χ1v) is 6.85. The number of halogens is 1. The maximum atomic E-state index is 13.1. The fourth-order valence-corrected chi connectivity index (χ4v) is 2.07. The third-order valence-corrected chi connectivity index (χ3v) is 3.32. The van der Waals surface area contributed by atoms with Crippen molar-refractivity contribution in [1.29, 1.82) is 0 Å². The molecule has 1 atom stereocenters. The molecule has 23 heavy (non-hydrogen) atoms. The minimum absolute atomic E-state index is 0.142. The molecular weight excluding hydrogens is 303 g/mol. The summed E-state index contributed by atoms with van der Waals surface area (Å²) < 4.78 is 13.1. The van der Waals surface area contributed by atoms with E-state index in [1.54, 1.807) is 6.92 Å². The van der Waals surface area contributed by atoms with Crippen LogP contribution >= 0.6 is 0 Å². The number of benzene rings is 2. The van der Waals surface area contributed by atoms with Crippen LogP contribution in [0.5, 0.6) is 0 Å². The monoisotopic (exact) mass is 318 g/mol. The van der Waals surface area contributed by atoms with E-state index in [1.165, 1.54) is 36.4 Å². The number of amides is 1. The predicted molar refractivity (Wildman–Crippen MR) is 82.4 cm³/mol. The first-order chi connectivity index (χ1) is 10.9. The van der Waals surface area contributed by atoms with Crippen LogP contribution < -0.4 is 5.32 Å². The summed E-state index contributed by atoms with van der Waals surface area (Å²) >= 11 is 0. The Bertz CT molecular complexity index is 749. The van der Waals surface area contributed by atoms with Crippen LogP contribution in [-0.2, 0) is 4.79 Å². The highest BCUT2D eigenvalue weighted by Gasteiger charge is 2.16. The van der Waals surface area contributed by atoms with E-state index in [0.717, 1.165) is 6.07 Å². The van der Waals surface area contributed by atoms with Crippen molar-refractivity contribution in [3.05, 3.63) is 69.5 Å². The molecule has 6 nitrogen and oxygen atoms in total. The normalized spacial score (nSPS) is 11.8. The molecule has 1 unspecified atom stereocenters. The molecule has 0 saturated heterocycles. The smallest absolute Gasteiger partial charge is 0.271 e. The molecule has 2 aromatic carbocycles. The van der Waals surface area contributed by atoms with Gasteiger partial charge < -0.3 is 10.4 Å². The Morgan fingerprint density at radius 3 is 2.74 bits per heavy atom. The van der Waals surface area contributed by atoms with Crippen LogP contribution in [0.4, 0.5) is 15.8 Å². The number of hydrogen-bond donors (Lipinski definition) is 2. The third kappa shape index (κ3) is 4.33. The largest absolute Gasteiger partial charge is 0.388 e. The van der Waals surface area contributed by atoms with Gasteiger partial charge in [0, 0.05) is 12.1 Å². The SMILES string of the molecule is Cc1ccc([N+](=O)[O-])cc1NC(=O)CC(O)c1cccc(F)c1. The second-order valence-electron chi connectivity index (χ2n) is 5.08. The number of carbonyl (C=O) groups excluding carboxylic acids is 1. The van der Waals surface area contributed by atoms with Gasteiger partial charge in [0.2, 0.25) is 5.91 Å². The zero-order valence-corrected chi connectivity index (χ0v) is 12.3. The molecule has 0 bridgehead atoms. The molecule has 0 aliphatic rings. The van der Waals surface area contributed by atoms with Gasteiger partial charge in [-0.3, -0.25) is 14.9 Å². The number of carbonyl (C=O) groups is 1. The van der Waals surface area contributed by atoms with Crippen molar-refractivity contribution in [1.82, 2.24) is 0 Å². The molecule has 0 fully saturated rings. The number of aryl methyl sites for hydroxylation is 1. The fourth-order valence-electron chi connectivity index (χ4n) is 2.07. The quantitative estimate of drug-likeness (QED) is 0.654. The van der Waals surface area contributed by atoms with Crippen molar-refractivity contribution < 1.29 is 19.2 Å². The first-order valence-electron chi connectivity index (χ1n) is 6.85. The molecule has 1 amide bonds. The highest BCUT2D eigenvalue weighted by atomic mass is 19.1. The molecule has 2 N–H and O–H groups in total. The van der Waals surface area contributed by atoms with Gasteiger partial charge in [0.1, 0.15) is 5.82 Å². The van der Waals surface area contributed by atoms with Crippen molar-refractivity contribution in [2.75, 3.05) is 5.32 Å². The molecular formula is C16H15FN2O4. The summed E-state index contributed by atoms with van der Waals surface area (Å²) in [6.45, 7) is 1.70. The van der Waals surface area contributed by atoms with Gasteiger partial charge >= 0.3 is 0 Å². The van der Waals surface area contributed by atoms with Gasteiger partial charge in [0.25, 0.3) is 5.69 Å². The lowest BCUT2D eigenvalue weighted by Gasteiger charge is -2.12. The maximum Gasteiger partial charge on any atom is 0.271 e. The number of rotatable bonds is 5.